The van der Waals surface area contributed by atoms with Crippen molar-refractivity contribution in [3.05, 3.63) is 24.3 Å². The minimum absolute atomic E-state index is 0.0778. The number of ether oxygens (including phenoxy) is 1. The number of rotatable bonds is 5. The summed E-state index contributed by atoms with van der Waals surface area (Å²) in [7, 11) is 0.741. The first-order chi connectivity index (χ1) is 7.61. The number of benzene rings is 1. The molecule has 0 saturated carbocycles. The summed E-state index contributed by atoms with van der Waals surface area (Å²) in [6.07, 6.45) is 0. The average Bonchev–Trinajstić information content (AvgIpc) is 2.26. The van der Waals surface area contributed by atoms with Crippen molar-refractivity contribution in [2.24, 2.45) is 0 Å². The van der Waals surface area contributed by atoms with Gasteiger partial charge in [-0.3, -0.25) is 4.79 Å². The van der Waals surface area contributed by atoms with E-state index < -0.39 is 0 Å². The monoisotopic (exact) mass is 239 g/mol. The summed E-state index contributed by atoms with van der Waals surface area (Å²) in [5.74, 6) is 0.671. The Morgan fingerprint density at radius 2 is 2.25 bits per heavy atom. The molecule has 1 aromatic rings. The molecule has 0 aliphatic heterocycles. The van der Waals surface area contributed by atoms with Crippen LogP contribution in [0.1, 0.15) is 13.8 Å². The highest BCUT2D eigenvalue weighted by Gasteiger charge is 2.04. The maximum absolute atomic E-state index is 11.3. The van der Waals surface area contributed by atoms with E-state index in [1.165, 1.54) is 5.30 Å². The summed E-state index contributed by atoms with van der Waals surface area (Å²) in [5, 5.41) is 4.02. The van der Waals surface area contributed by atoms with Crippen LogP contribution in [-0.2, 0) is 4.79 Å². The van der Waals surface area contributed by atoms with Crippen molar-refractivity contribution < 1.29 is 9.53 Å². The van der Waals surface area contributed by atoms with Gasteiger partial charge >= 0.3 is 0 Å². The van der Waals surface area contributed by atoms with Gasteiger partial charge in [0.2, 0.25) is 0 Å². The van der Waals surface area contributed by atoms with Gasteiger partial charge in [-0.2, -0.15) is 0 Å². The maximum atomic E-state index is 11.3. The van der Waals surface area contributed by atoms with Crippen LogP contribution >= 0.6 is 8.58 Å². The van der Waals surface area contributed by atoms with Crippen molar-refractivity contribution in [1.29, 1.82) is 0 Å². The summed E-state index contributed by atoms with van der Waals surface area (Å²) in [5.41, 5.74) is 0. The van der Waals surface area contributed by atoms with Crippen molar-refractivity contribution in [1.82, 2.24) is 5.32 Å². The number of hydrogen-bond acceptors (Lipinski definition) is 2. The number of hydrogen-bond donors (Lipinski definition) is 1. The SMILES string of the molecule is CPc1cccc(OCC(=O)NC(C)C)c1. The van der Waals surface area contributed by atoms with Gasteiger partial charge in [-0.25, -0.2) is 0 Å². The zero-order valence-corrected chi connectivity index (χ0v) is 10.9. The van der Waals surface area contributed by atoms with Gasteiger partial charge in [0.05, 0.1) is 0 Å². The Morgan fingerprint density at radius 3 is 2.88 bits per heavy atom. The Hall–Kier alpha value is -1.08. The van der Waals surface area contributed by atoms with Gasteiger partial charge in [0.15, 0.2) is 6.61 Å². The lowest BCUT2D eigenvalue weighted by Crippen LogP contribution is -2.34. The second kappa shape index (κ2) is 6.49. The van der Waals surface area contributed by atoms with Crippen LogP contribution in [0.3, 0.4) is 0 Å². The predicted octanol–water partition coefficient (Wildman–Crippen LogP) is 1.52. The summed E-state index contributed by atoms with van der Waals surface area (Å²) >= 11 is 0. The molecule has 1 unspecified atom stereocenters. The molecule has 3 nitrogen and oxygen atoms in total. The molecule has 0 heterocycles. The van der Waals surface area contributed by atoms with Crippen molar-refractivity contribution in [2.75, 3.05) is 13.3 Å². The first kappa shape index (κ1) is 13.0. The van der Waals surface area contributed by atoms with E-state index in [4.69, 9.17) is 4.74 Å². The molecule has 0 bridgehead atoms. The van der Waals surface area contributed by atoms with Crippen LogP contribution < -0.4 is 15.4 Å². The molecular formula is C12H18NO2P. The Kier molecular flexibility index (Phi) is 5.27. The van der Waals surface area contributed by atoms with Gasteiger partial charge in [0.1, 0.15) is 5.75 Å². The van der Waals surface area contributed by atoms with Gasteiger partial charge in [-0.05, 0) is 37.9 Å². The lowest BCUT2D eigenvalue weighted by atomic mass is 10.3. The summed E-state index contributed by atoms with van der Waals surface area (Å²) < 4.78 is 5.40. The molecule has 0 fully saturated rings. The van der Waals surface area contributed by atoms with E-state index in [2.05, 4.69) is 18.0 Å². The third kappa shape index (κ3) is 4.63. The fraction of sp³-hybridized carbons (Fsp3) is 0.417. The number of carbonyl (C=O) groups is 1. The molecule has 4 heteroatoms. The summed E-state index contributed by atoms with van der Waals surface area (Å²) in [4.78, 5) is 11.3. The Bertz CT molecular complexity index is 353. The van der Waals surface area contributed by atoms with E-state index in [0.29, 0.717) is 0 Å². The Morgan fingerprint density at radius 1 is 1.50 bits per heavy atom. The normalized spacial score (nSPS) is 11.0. The number of nitrogens with one attached hydrogen (secondary N) is 1. The molecule has 0 saturated heterocycles. The zero-order valence-electron chi connectivity index (χ0n) is 9.91. The number of amides is 1. The van der Waals surface area contributed by atoms with Crippen LogP contribution in [0.2, 0.25) is 0 Å². The molecule has 1 aromatic carbocycles. The van der Waals surface area contributed by atoms with E-state index in [9.17, 15) is 4.79 Å². The zero-order chi connectivity index (χ0) is 12.0. The number of carbonyl (C=O) groups excluding carboxylic acids is 1. The molecule has 1 amide bonds. The smallest absolute Gasteiger partial charge is 0.258 e. The summed E-state index contributed by atoms with van der Waals surface area (Å²) in [6, 6.07) is 7.99. The highest BCUT2D eigenvalue weighted by Crippen LogP contribution is 2.12. The molecule has 1 atom stereocenters. The minimum Gasteiger partial charge on any atom is -0.484 e. The molecule has 1 rings (SSSR count). The molecular weight excluding hydrogens is 221 g/mol. The van der Waals surface area contributed by atoms with E-state index in [-0.39, 0.29) is 18.6 Å². The van der Waals surface area contributed by atoms with E-state index in [1.807, 2.05) is 32.0 Å². The highest BCUT2D eigenvalue weighted by molar-refractivity contribution is 7.46. The Balaban J connectivity index is 2.45. The van der Waals surface area contributed by atoms with Crippen LogP contribution in [0, 0.1) is 0 Å². The summed E-state index contributed by atoms with van der Waals surface area (Å²) in [6.45, 7) is 6.05. The van der Waals surface area contributed by atoms with Crippen molar-refractivity contribution in [2.45, 2.75) is 19.9 Å². The van der Waals surface area contributed by atoms with E-state index in [1.54, 1.807) is 0 Å². The van der Waals surface area contributed by atoms with Crippen molar-refractivity contribution >= 4 is 19.8 Å². The molecule has 1 N–H and O–H groups in total. The molecule has 0 aliphatic carbocycles. The van der Waals surface area contributed by atoms with Gasteiger partial charge in [0, 0.05) is 6.04 Å². The van der Waals surface area contributed by atoms with Crippen LogP contribution in [0.4, 0.5) is 0 Å². The van der Waals surface area contributed by atoms with Crippen LogP contribution in [-0.4, -0.2) is 25.2 Å². The fourth-order valence-electron chi connectivity index (χ4n) is 1.25. The largest absolute Gasteiger partial charge is 0.484 e. The molecule has 0 spiro atoms. The molecule has 0 aliphatic rings. The second-order valence-corrected chi connectivity index (χ2v) is 4.87. The lowest BCUT2D eigenvalue weighted by molar-refractivity contribution is -0.123. The average molecular weight is 239 g/mol. The molecule has 16 heavy (non-hydrogen) atoms. The van der Waals surface area contributed by atoms with Crippen molar-refractivity contribution in [3.63, 3.8) is 0 Å². The minimum atomic E-state index is -0.0839. The van der Waals surface area contributed by atoms with Gasteiger partial charge in [-0.15, -0.1) is 0 Å². The van der Waals surface area contributed by atoms with Crippen LogP contribution in [0.25, 0.3) is 0 Å². The maximum Gasteiger partial charge on any atom is 0.258 e. The third-order valence-corrected chi connectivity index (χ3v) is 2.83. The van der Waals surface area contributed by atoms with Crippen LogP contribution in [0.15, 0.2) is 24.3 Å². The van der Waals surface area contributed by atoms with Gasteiger partial charge in [-0.1, -0.05) is 20.7 Å². The molecule has 0 radical (unpaired) electrons. The standard InChI is InChI=1S/C12H18NO2P/c1-9(2)13-12(14)8-15-10-5-4-6-11(7-10)16-3/h4-7,9,16H,8H2,1-3H3,(H,13,14). The first-order valence-corrected chi connectivity index (χ1v) is 6.82. The van der Waals surface area contributed by atoms with Gasteiger partial charge < -0.3 is 10.1 Å². The Labute approximate surface area is 98.4 Å². The topological polar surface area (TPSA) is 38.3 Å². The second-order valence-electron chi connectivity index (χ2n) is 3.79. The first-order valence-electron chi connectivity index (χ1n) is 5.32. The van der Waals surface area contributed by atoms with Crippen molar-refractivity contribution in [3.8, 4) is 5.75 Å². The van der Waals surface area contributed by atoms with E-state index in [0.717, 1.165) is 14.3 Å². The quantitative estimate of drug-likeness (QED) is 0.791. The van der Waals surface area contributed by atoms with Gasteiger partial charge in [0.25, 0.3) is 5.91 Å². The molecule has 0 aromatic heterocycles. The van der Waals surface area contributed by atoms with Crippen LogP contribution in [0.5, 0.6) is 5.75 Å². The highest BCUT2D eigenvalue weighted by atomic mass is 31.1. The lowest BCUT2D eigenvalue weighted by Gasteiger charge is -2.10. The predicted molar refractivity (Wildman–Crippen MR) is 69.1 cm³/mol. The fourth-order valence-corrected chi connectivity index (χ4v) is 1.80. The third-order valence-electron chi connectivity index (χ3n) is 1.94. The molecule has 88 valence electrons. The van der Waals surface area contributed by atoms with E-state index >= 15 is 0 Å².